The SMILES string of the molecule is Cc1ccc(OCC(O)CNC2CCC(C)C2)c(C)c1. The minimum absolute atomic E-state index is 0.346. The monoisotopic (exact) mass is 277 g/mol. The molecule has 1 saturated carbocycles. The van der Waals surface area contributed by atoms with Crippen LogP contribution in [0, 0.1) is 19.8 Å². The predicted molar refractivity (Wildman–Crippen MR) is 82.2 cm³/mol. The predicted octanol–water partition coefficient (Wildman–Crippen LogP) is 2.82. The number of nitrogens with one attached hydrogen (secondary N) is 1. The van der Waals surface area contributed by atoms with E-state index in [0.29, 0.717) is 19.2 Å². The van der Waals surface area contributed by atoms with Gasteiger partial charge >= 0.3 is 0 Å². The Bertz CT molecular complexity index is 433. The van der Waals surface area contributed by atoms with Gasteiger partial charge in [-0.3, -0.25) is 0 Å². The molecule has 3 heteroatoms. The zero-order chi connectivity index (χ0) is 14.5. The van der Waals surface area contributed by atoms with E-state index in [1.165, 1.54) is 24.8 Å². The molecule has 3 unspecified atom stereocenters. The van der Waals surface area contributed by atoms with Crippen molar-refractivity contribution in [3.05, 3.63) is 29.3 Å². The van der Waals surface area contributed by atoms with Crippen molar-refractivity contribution in [1.29, 1.82) is 0 Å². The molecule has 0 aromatic heterocycles. The molecule has 0 heterocycles. The normalized spacial score (nSPS) is 23.8. The second-order valence-electron chi connectivity index (χ2n) is 6.26. The third-order valence-electron chi connectivity index (χ3n) is 4.10. The number of hydrogen-bond acceptors (Lipinski definition) is 3. The maximum atomic E-state index is 9.99. The highest BCUT2D eigenvalue weighted by atomic mass is 16.5. The first-order valence-electron chi connectivity index (χ1n) is 7.66. The molecule has 0 spiro atoms. The molecule has 112 valence electrons. The molecule has 0 saturated heterocycles. The van der Waals surface area contributed by atoms with Gasteiger partial charge in [0.25, 0.3) is 0 Å². The first-order valence-corrected chi connectivity index (χ1v) is 7.66. The number of aryl methyl sites for hydroxylation is 2. The van der Waals surface area contributed by atoms with Gasteiger partial charge in [-0.1, -0.05) is 24.6 Å². The van der Waals surface area contributed by atoms with Crippen molar-refractivity contribution in [3.63, 3.8) is 0 Å². The summed E-state index contributed by atoms with van der Waals surface area (Å²) in [5.41, 5.74) is 2.35. The minimum Gasteiger partial charge on any atom is -0.491 e. The molecule has 1 aliphatic rings. The van der Waals surface area contributed by atoms with Crippen molar-refractivity contribution in [1.82, 2.24) is 5.32 Å². The van der Waals surface area contributed by atoms with Gasteiger partial charge in [0.1, 0.15) is 18.5 Å². The van der Waals surface area contributed by atoms with E-state index in [1.54, 1.807) is 0 Å². The summed E-state index contributed by atoms with van der Waals surface area (Å²) in [4.78, 5) is 0. The van der Waals surface area contributed by atoms with Crippen LogP contribution >= 0.6 is 0 Å². The molecule has 0 amide bonds. The fourth-order valence-electron chi connectivity index (χ4n) is 2.90. The van der Waals surface area contributed by atoms with Crippen molar-refractivity contribution in [2.45, 2.75) is 52.2 Å². The maximum absolute atomic E-state index is 9.99. The number of benzene rings is 1. The highest BCUT2D eigenvalue weighted by Gasteiger charge is 2.21. The number of aliphatic hydroxyl groups is 1. The summed E-state index contributed by atoms with van der Waals surface area (Å²) in [6, 6.07) is 6.68. The Morgan fingerprint density at radius 1 is 1.35 bits per heavy atom. The first kappa shape index (κ1) is 15.3. The molecule has 0 bridgehead atoms. The van der Waals surface area contributed by atoms with Crippen molar-refractivity contribution in [2.24, 2.45) is 5.92 Å². The van der Waals surface area contributed by atoms with Gasteiger partial charge < -0.3 is 15.2 Å². The molecule has 1 aromatic carbocycles. The van der Waals surface area contributed by atoms with E-state index < -0.39 is 6.10 Å². The van der Waals surface area contributed by atoms with E-state index in [4.69, 9.17) is 4.74 Å². The molecule has 1 fully saturated rings. The van der Waals surface area contributed by atoms with E-state index in [0.717, 1.165) is 17.2 Å². The topological polar surface area (TPSA) is 41.5 Å². The smallest absolute Gasteiger partial charge is 0.122 e. The average Bonchev–Trinajstić information content (AvgIpc) is 2.81. The molecule has 2 N–H and O–H groups in total. The van der Waals surface area contributed by atoms with E-state index in [-0.39, 0.29) is 0 Å². The van der Waals surface area contributed by atoms with Crippen LogP contribution in [0.15, 0.2) is 18.2 Å². The molecule has 3 atom stereocenters. The summed E-state index contributed by atoms with van der Waals surface area (Å²) in [6.07, 6.45) is 3.30. The molecule has 2 rings (SSSR count). The standard InChI is InChI=1S/C17H27NO2/c1-12-5-7-17(14(3)8-12)20-11-16(19)10-18-15-6-4-13(2)9-15/h5,7-8,13,15-16,18-19H,4,6,9-11H2,1-3H3. The van der Waals surface area contributed by atoms with Crippen LogP contribution in [0.5, 0.6) is 5.75 Å². The van der Waals surface area contributed by atoms with Gasteiger partial charge in [-0.25, -0.2) is 0 Å². The van der Waals surface area contributed by atoms with Crippen molar-refractivity contribution >= 4 is 0 Å². The van der Waals surface area contributed by atoms with Gasteiger partial charge in [-0.2, -0.15) is 0 Å². The minimum atomic E-state index is -0.452. The van der Waals surface area contributed by atoms with Gasteiger partial charge in [0.05, 0.1) is 0 Å². The molecule has 1 aliphatic carbocycles. The van der Waals surface area contributed by atoms with E-state index >= 15 is 0 Å². The van der Waals surface area contributed by atoms with Crippen LogP contribution in [0.1, 0.15) is 37.3 Å². The van der Waals surface area contributed by atoms with Crippen LogP contribution in [-0.2, 0) is 0 Å². The van der Waals surface area contributed by atoms with Crippen LogP contribution in [-0.4, -0.2) is 30.4 Å². The van der Waals surface area contributed by atoms with Crippen molar-refractivity contribution < 1.29 is 9.84 Å². The zero-order valence-corrected chi connectivity index (χ0v) is 12.9. The lowest BCUT2D eigenvalue weighted by Crippen LogP contribution is -2.36. The first-order chi connectivity index (χ1) is 9.54. The molecule has 20 heavy (non-hydrogen) atoms. The summed E-state index contributed by atoms with van der Waals surface area (Å²) in [7, 11) is 0. The number of rotatable bonds is 6. The largest absolute Gasteiger partial charge is 0.491 e. The highest BCUT2D eigenvalue weighted by Crippen LogP contribution is 2.24. The molecule has 1 aromatic rings. The number of aliphatic hydroxyl groups excluding tert-OH is 1. The van der Waals surface area contributed by atoms with Crippen molar-refractivity contribution in [2.75, 3.05) is 13.2 Å². The van der Waals surface area contributed by atoms with Gasteiger partial charge in [0.15, 0.2) is 0 Å². The van der Waals surface area contributed by atoms with Gasteiger partial charge in [-0.05, 0) is 50.7 Å². The third-order valence-corrected chi connectivity index (χ3v) is 4.10. The van der Waals surface area contributed by atoms with Crippen LogP contribution in [0.25, 0.3) is 0 Å². The lowest BCUT2D eigenvalue weighted by molar-refractivity contribution is 0.103. The second kappa shape index (κ2) is 7.09. The quantitative estimate of drug-likeness (QED) is 0.840. The summed E-state index contributed by atoms with van der Waals surface area (Å²) in [5, 5.41) is 13.4. The van der Waals surface area contributed by atoms with E-state index in [9.17, 15) is 5.11 Å². The molecular formula is C17H27NO2. The lowest BCUT2D eigenvalue weighted by Gasteiger charge is -2.17. The Labute approximate surface area is 122 Å². The second-order valence-corrected chi connectivity index (χ2v) is 6.26. The van der Waals surface area contributed by atoms with Crippen LogP contribution < -0.4 is 10.1 Å². The summed E-state index contributed by atoms with van der Waals surface area (Å²) >= 11 is 0. The highest BCUT2D eigenvalue weighted by molar-refractivity contribution is 5.35. The maximum Gasteiger partial charge on any atom is 0.122 e. The number of hydrogen-bond donors (Lipinski definition) is 2. The Hall–Kier alpha value is -1.06. The van der Waals surface area contributed by atoms with E-state index in [1.807, 2.05) is 19.1 Å². The fourth-order valence-corrected chi connectivity index (χ4v) is 2.90. The van der Waals surface area contributed by atoms with Gasteiger partial charge in [0, 0.05) is 12.6 Å². The van der Waals surface area contributed by atoms with Crippen molar-refractivity contribution in [3.8, 4) is 5.75 Å². The fraction of sp³-hybridized carbons (Fsp3) is 0.647. The van der Waals surface area contributed by atoms with Crippen LogP contribution in [0.4, 0.5) is 0 Å². The zero-order valence-electron chi connectivity index (χ0n) is 12.9. The number of ether oxygens (including phenoxy) is 1. The summed E-state index contributed by atoms with van der Waals surface area (Å²) in [5.74, 6) is 1.68. The van der Waals surface area contributed by atoms with Crippen LogP contribution in [0.3, 0.4) is 0 Å². The lowest BCUT2D eigenvalue weighted by atomic mass is 10.1. The molecule has 0 aliphatic heterocycles. The molecule has 0 radical (unpaired) electrons. The average molecular weight is 277 g/mol. The summed E-state index contributed by atoms with van der Waals surface area (Å²) < 4.78 is 5.70. The van der Waals surface area contributed by atoms with Gasteiger partial charge in [0.2, 0.25) is 0 Å². The molecular weight excluding hydrogens is 250 g/mol. The molecule has 3 nitrogen and oxygen atoms in total. The Morgan fingerprint density at radius 3 is 2.80 bits per heavy atom. The Morgan fingerprint density at radius 2 is 2.15 bits per heavy atom. The van der Waals surface area contributed by atoms with E-state index in [2.05, 4.69) is 25.2 Å². The third kappa shape index (κ3) is 4.50. The summed E-state index contributed by atoms with van der Waals surface area (Å²) in [6.45, 7) is 7.36. The Balaban J connectivity index is 1.70. The van der Waals surface area contributed by atoms with Gasteiger partial charge in [-0.15, -0.1) is 0 Å². The Kier molecular flexibility index (Phi) is 5.44. The van der Waals surface area contributed by atoms with Crippen LogP contribution in [0.2, 0.25) is 0 Å².